The summed E-state index contributed by atoms with van der Waals surface area (Å²) in [6.45, 7) is 2.99. The highest BCUT2D eigenvalue weighted by atomic mass is 35.5. The summed E-state index contributed by atoms with van der Waals surface area (Å²) in [6.07, 6.45) is 0.943. The fourth-order valence-corrected chi connectivity index (χ4v) is 2.13. The van der Waals surface area contributed by atoms with Crippen LogP contribution in [-0.2, 0) is 6.54 Å². The maximum absolute atomic E-state index is 9.14. The summed E-state index contributed by atoms with van der Waals surface area (Å²) in [6, 6.07) is 11.8. The van der Waals surface area contributed by atoms with Crippen LogP contribution in [0.4, 0.5) is 0 Å². The van der Waals surface area contributed by atoms with Gasteiger partial charge in [0.1, 0.15) is 18.3 Å². The van der Waals surface area contributed by atoms with Gasteiger partial charge in [0.25, 0.3) is 0 Å². The molecule has 0 saturated carbocycles. The van der Waals surface area contributed by atoms with Crippen LogP contribution in [0, 0.1) is 0 Å². The number of quaternary nitrogens is 1. The van der Waals surface area contributed by atoms with E-state index < -0.39 is 0 Å². The van der Waals surface area contributed by atoms with Crippen molar-refractivity contribution in [3.05, 3.63) is 47.2 Å². The molecular formula is C15H19ClNO2+. The van der Waals surface area contributed by atoms with Crippen molar-refractivity contribution in [1.82, 2.24) is 0 Å². The standard InChI is InChI=1S/C15H18ClNO2/c1-2-13(10-18)17-9-14-6-7-15(19-14)11-4-3-5-12(16)8-11/h3-8,13,17-18H,2,9-10H2,1H3/p+1/t13-/m0/s1. The zero-order chi connectivity index (χ0) is 13.7. The van der Waals surface area contributed by atoms with E-state index in [2.05, 4.69) is 12.2 Å². The molecule has 0 amide bonds. The first-order chi connectivity index (χ1) is 9.22. The second kappa shape index (κ2) is 6.75. The highest BCUT2D eigenvalue weighted by Crippen LogP contribution is 2.24. The van der Waals surface area contributed by atoms with Crippen LogP contribution in [-0.4, -0.2) is 17.8 Å². The molecule has 0 unspecified atom stereocenters. The predicted octanol–water partition coefficient (Wildman–Crippen LogP) is 2.43. The number of rotatable bonds is 6. The van der Waals surface area contributed by atoms with Crippen LogP contribution in [0.3, 0.4) is 0 Å². The van der Waals surface area contributed by atoms with Crippen LogP contribution in [0.2, 0.25) is 5.02 Å². The molecule has 0 aliphatic rings. The molecule has 4 heteroatoms. The zero-order valence-electron chi connectivity index (χ0n) is 11.0. The lowest BCUT2D eigenvalue weighted by molar-refractivity contribution is -0.707. The van der Waals surface area contributed by atoms with E-state index in [1.165, 1.54) is 0 Å². The molecule has 0 spiro atoms. The Morgan fingerprint density at radius 1 is 1.32 bits per heavy atom. The van der Waals surface area contributed by atoms with Crippen molar-refractivity contribution >= 4 is 11.6 Å². The van der Waals surface area contributed by atoms with Crippen LogP contribution < -0.4 is 5.32 Å². The SMILES string of the molecule is CC[C@@H](CO)[NH2+]Cc1ccc(-c2cccc(Cl)c2)o1. The van der Waals surface area contributed by atoms with Gasteiger partial charge >= 0.3 is 0 Å². The monoisotopic (exact) mass is 280 g/mol. The third kappa shape index (κ3) is 3.83. The van der Waals surface area contributed by atoms with Crippen molar-refractivity contribution in [3.63, 3.8) is 0 Å². The Labute approximate surface area is 118 Å². The Hall–Kier alpha value is -1.29. The number of aliphatic hydroxyl groups is 1. The van der Waals surface area contributed by atoms with E-state index >= 15 is 0 Å². The quantitative estimate of drug-likeness (QED) is 0.854. The second-order valence-corrected chi connectivity index (χ2v) is 5.00. The van der Waals surface area contributed by atoms with E-state index in [-0.39, 0.29) is 12.6 Å². The number of aliphatic hydroxyl groups excluding tert-OH is 1. The Kier molecular flexibility index (Phi) is 5.02. The van der Waals surface area contributed by atoms with Gasteiger partial charge in [-0.05, 0) is 30.7 Å². The maximum atomic E-state index is 9.14. The van der Waals surface area contributed by atoms with Gasteiger partial charge in [0.2, 0.25) is 0 Å². The molecule has 0 bridgehead atoms. The molecule has 0 aliphatic heterocycles. The fourth-order valence-electron chi connectivity index (χ4n) is 1.94. The number of furan rings is 1. The van der Waals surface area contributed by atoms with Crippen LogP contribution in [0.1, 0.15) is 19.1 Å². The Morgan fingerprint density at radius 2 is 2.16 bits per heavy atom. The third-order valence-corrected chi connectivity index (χ3v) is 3.42. The Balaban J connectivity index is 2.03. The molecule has 3 N–H and O–H groups in total. The van der Waals surface area contributed by atoms with E-state index in [9.17, 15) is 0 Å². The fraction of sp³-hybridized carbons (Fsp3) is 0.333. The van der Waals surface area contributed by atoms with Crippen molar-refractivity contribution in [2.24, 2.45) is 0 Å². The van der Waals surface area contributed by atoms with Crippen molar-refractivity contribution in [2.75, 3.05) is 6.61 Å². The minimum Gasteiger partial charge on any atom is -0.455 e. The van der Waals surface area contributed by atoms with E-state index in [1.54, 1.807) is 0 Å². The Morgan fingerprint density at radius 3 is 2.84 bits per heavy atom. The lowest BCUT2D eigenvalue weighted by atomic mass is 10.2. The number of benzene rings is 1. The molecule has 1 aromatic carbocycles. The molecule has 102 valence electrons. The Bertz CT molecular complexity index is 520. The van der Waals surface area contributed by atoms with E-state index in [0.29, 0.717) is 5.02 Å². The smallest absolute Gasteiger partial charge is 0.158 e. The first-order valence-electron chi connectivity index (χ1n) is 6.51. The van der Waals surface area contributed by atoms with Crippen molar-refractivity contribution in [1.29, 1.82) is 0 Å². The summed E-state index contributed by atoms with van der Waals surface area (Å²) < 4.78 is 5.79. The van der Waals surface area contributed by atoms with Gasteiger partial charge in [-0.25, -0.2) is 0 Å². The molecule has 1 heterocycles. The van der Waals surface area contributed by atoms with Gasteiger partial charge < -0.3 is 14.8 Å². The molecule has 0 fully saturated rings. The summed E-state index contributed by atoms with van der Waals surface area (Å²) >= 11 is 5.97. The number of hydrogen-bond acceptors (Lipinski definition) is 2. The van der Waals surface area contributed by atoms with Crippen molar-refractivity contribution in [3.8, 4) is 11.3 Å². The van der Waals surface area contributed by atoms with Crippen molar-refractivity contribution in [2.45, 2.75) is 25.9 Å². The average Bonchev–Trinajstić information content (AvgIpc) is 2.89. The lowest BCUT2D eigenvalue weighted by Gasteiger charge is -2.08. The van der Waals surface area contributed by atoms with E-state index in [0.717, 1.165) is 30.0 Å². The van der Waals surface area contributed by atoms with E-state index in [1.807, 2.05) is 36.4 Å². The van der Waals surface area contributed by atoms with Gasteiger partial charge in [-0.1, -0.05) is 30.7 Å². The average molecular weight is 281 g/mol. The molecule has 2 rings (SSSR count). The minimum absolute atomic E-state index is 0.193. The summed E-state index contributed by atoms with van der Waals surface area (Å²) in [4.78, 5) is 0. The minimum atomic E-state index is 0.193. The van der Waals surface area contributed by atoms with Crippen LogP contribution in [0.5, 0.6) is 0 Å². The summed E-state index contributed by atoms with van der Waals surface area (Å²) in [7, 11) is 0. The first kappa shape index (κ1) is 14.1. The van der Waals surface area contributed by atoms with Crippen molar-refractivity contribution < 1.29 is 14.8 Å². The highest BCUT2D eigenvalue weighted by molar-refractivity contribution is 6.30. The summed E-state index contributed by atoms with van der Waals surface area (Å²) in [5.41, 5.74) is 0.980. The summed E-state index contributed by atoms with van der Waals surface area (Å²) in [5, 5.41) is 11.9. The van der Waals surface area contributed by atoms with Crippen LogP contribution in [0.15, 0.2) is 40.8 Å². The predicted molar refractivity (Wildman–Crippen MR) is 75.9 cm³/mol. The van der Waals surface area contributed by atoms with Gasteiger partial charge in [-0.3, -0.25) is 0 Å². The molecule has 3 nitrogen and oxygen atoms in total. The molecule has 2 aromatic rings. The van der Waals surface area contributed by atoms with Crippen LogP contribution in [0.25, 0.3) is 11.3 Å². The van der Waals surface area contributed by atoms with Gasteiger partial charge in [-0.15, -0.1) is 0 Å². The van der Waals surface area contributed by atoms with Gasteiger partial charge in [0.05, 0.1) is 6.61 Å². The lowest BCUT2D eigenvalue weighted by Crippen LogP contribution is -2.89. The second-order valence-electron chi connectivity index (χ2n) is 4.57. The molecule has 0 radical (unpaired) electrons. The molecule has 19 heavy (non-hydrogen) atoms. The normalized spacial score (nSPS) is 12.6. The van der Waals surface area contributed by atoms with Crippen LogP contribution >= 0.6 is 11.6 Å². The molecule has 0 aliphatic carbocycles. The topological polar surface area (TPSA) is 50.0 Å². The highest BCUT2D eigenvalue weighted by Gasteiger charge is 2.10. The van der Waals surface area contributed by atoms with Gasteiger partial charge in [0.15, 0.2) is 5.76 Å². The number of nitrogens with two attached hydrogens (primary N) is 1. The van der Waals surface area contributed by atoms with E-state index in [4.69, 9.17) is 21.1 Å². The largest absolute Gasteiger partial charge is 0.455 e. The van der Waals surface area contributed by atoms with Gasteiger partial charge in [0, 0.05) is 10.6 Å². The van der Waals surface area contributed by atoms with Gasteiger partial charge in [-0.2, -0.15) is 0 Å². The summed E-state index contributed by atoms with van der Waals surface area (Å²) in [5.74, 6) is 1.73. The number of hydrogen-bond donors (Lipinski definition) is 2. The maximum Gasteiger partial charge on any atom is 0.158 e. The third-order valence-electron chi connectivity index (χ3n) is 3.18. The zero-order valence-corrected chi connectivity index (χ0v) is 11.7. The molecular weight excluding hydrogens is 262 g/mol. The molecule has 1 aromatic heterocycles. The molecule has 1 atom stereocenters. The number of halogens is 1. The first-order valence-corrected chi connectivity index (χ1v) is 6.89. The molecule has 0 saturated heterocycles.